The van der Waals surface area contributed by atoms with Crippen molar-refractivity contribution in [1.82, 2.24) is 0 Å². The summed E-state index contributed by atoms with van der Waals surface area (Å²) in [5.41, 5.74) is 5.62. The maximum atomic E-state index is 5.66. The minimum atomic E-state index is -2.71. The van der Waals surface area contributed by atoms with E-state index in [0.29, 0.717) is 0 Å². The number of hydrogen-bond donors (Lipinski definition) is 0. The van der Waals surface area contributed by atoms with E-state index in [-0.39, 0.29) is 0 Å². The van der Waals surface area contributed by atoms with Gasteiger partial charge in [-0.15, -0.1) is 0 Å². The van der Waals surface area contributed by atoms with Gasteiger partial charge in [-0.2, -0.15) is 0 Å². The molecule has 0 bridgehead atoms. The second-order valence-electron chi connectivity index (χ2n) is 12.9. The van der Waals surface area contributed by atoms with Crippen LogP contribution in [-0.2, 0) is 0 Å². The van der Waals surface area contributed by atoms with E-state index in [1.807, 2.05) is 0 Å². The molecule has 0 saturated heterocycles. The summed E-state index contributed by atoms with van der Waals surface area (Å²) in [5, 5.41) is 2.88. The third-order valence-electron chi connectivity index (χ3n) is 8.17. The first kappa shape index (κ1) is 29.1. The summed E-state index contributed by atoms with van der Waals surface area (Å²) in [5.74, 6) is 1.79. The summed E-state index contributed by atoms with van der Waals surface area (Å²) in [6, 6.07) is 40.5. The van der Waals surface area contributed by atoms with E-state index in [0.717, 1.165) is 11.5 Å². The van der Waals surface area contributed by atoms with Gasteiger partial charge in [0.2, 0.25) is 0 Å². The van der Waals surface area contributed by atoms with E-state index in [9.17, 15) is 0 Å². The molecular formula is C36H42O2Si3. The van der Waals surface area contributed by atoms with Gasteiger partial charge in [0.15, 0.2) is 8.07 Å². The van der Waals surface area contributed by atoms with Crippen molar-refractivity contribution in [3.05, 3.63) is 130 Å². The smallest absolute Gasteiger partial charge is 0.165 e. The third kappa shape index (κ3) is 5.11. The fourth-order valence-corrected chi connectivity index (χ4v) is 25.1. The van der Waals surface area contributed by atoms with Gasteiger partial charge in [-0.1, -0.05) is 134 Å². The minimum Gasteiger partial charge on any atom is -0.497 e. The maximum Gasteiger partial charge on any atom is 0.165 e. The molecule has 1 heterocycles. The molecule has 0 unspecified atom stereocenters. The fraction of sp³-hybridized carbons (Fsp3) is 0.222. The zero-order chi connectivity index (χ0) is 29.4. The number of hydrogen-bond acceptors (Lipinski definition) is 2. The van der Waals surface area contributed by atoms with Crippen LogP contribution in [0.25, 0.3) is 11.1 Å². The lowest BCUT2D eigenvalue weighted by Crippen LogP contribution is -2.68. The topological polar surface area (TPSA) is 18.5 Å². The molecule has 4 aromatic rings. The molecule has 0 radical (unpaired) electrons. The summed E-state index contributed by atoms with van der Waals surface area (Å²) in [4.78, 5) is 3.42. The van der Waals surface area contributed by atoms with Gasteiger partial charge in [-0.05, 0) is 56.9 Å². The molecule has 1 aliphatic heterocycles. The van der Waals surface area contributed by atoms with Gasteiger partial charge in [0.1, 0.15) is 11.5 Å². The van der Waals surface area contributed by atoms with Crippen molar-refractivity contribution < 1.29 is 9.47 Å². The Hall–Kier alpha value is -3.39. The minimum absolute atomic E-state index is 0.897. The number of ether oxygens (including phenoxy) is 2. The van der Waals surface area contributed by atoms with Crippen LogP contribution in [0.15, 0.2) is 119 Å². The highest BCUT2D eigenvalue weighted by atomic mass is 28.4. The van der Waals surface area contributed by atoms with Crippen LogP contribution in [0.3, 0.4) is 0 Å². The molecule has 5 heteroatoms. The monoisotopic (exact) mass is 590 g/mol. The summed E-state index contributed by atoms with van der Waals surface area (Å²) in [6.07, 6.45) is 0. The van der Waals surface area contributed by atoms with Gasteiger partial charge in [-0.25, -0.2) is 0 Å². The lowest BCUT2D eigenvalue weighted by molar-refractivity contribution is 0.415. The quantitative estimate of drug-likeness (QED) is 0.194. The molecule has 0 saturated carbocycles. The average molecular weight is 591 g/mol. The van der Waals surface area contributed by atoms with E-state index in [1.54, 1.807) is 23.9 Å². The second kappa shape index (κ2) is 11.1. The Morgan fingerprint density at radius 3 is 1.02 bits per heavy atom. The van der Waals surface area contributed by atoms with Crippen molar-refractivity contribution in [2.75, 3.05) is 14.2 Å². The van der Waals surface area contributed by atoms with Crippen LogP contribution in [0.4, 0.5) is 0 Å². The summed E-state index contributed by atoms with van der Waals surface area (Å²) >= 11 is 0. The normalized spacial score (nSPS) is 15.3. The van der Waals surface area contributed by atoms with Gasteiger partial charge in [0.25, 0.3) is 0 Å². The van der Waals surface area contributed by atoms with Crippen molar-refractivity contribution >= 4 is 45.7 Å². The molecule has 0 aromatic heterocycles. The van der Waals surface area contributed by atoms with Crippen LogP contribution in [0, 0.1) is 0 Å². The van der Waals surface area contributed by atoms with Crippen LogP contribution in [0.5, 0.6) is 11.5 Å². The lowest BCUT2D eigenvalue weighted by atomic mass is 9.95. The molecule has 0 aliphatic carbocycles. The van der Waals surface area contributed by atoms with E-state index in [1.165, 1.54) is 32.6 Å². The Morgan fingerprint density at radius 1 is 0.439 bits per heavy atom. The molecule has 4 aromatic carbocycles. The maximum absolute atomic E-state index is 5.66. The number of allylic oxidation sites excluding steroid dienone is 2. The Kier molecular flexibility index (Phi) is 7.90. The van der Waals surface area contributed by atoms with Crippen LogP contribution >= 0.6 is 0 Å². The first-order valence-corrected chi connectivity index (χ1v) is 23.4. The van der Waals surface area contributed by atoms with Crippen molar-refractivity contribution in [3.8, 4) is 11.5 Å². The Bertz CT molecular complexity index is 1450. The predicted molar refractivity (Wildman–Crippen MR) is 184 cm³/mol. The third-order valence-corrected chi connectivity index (χ3v) is 22.8. The van der Waals surface area contributed by atoms with Crippen molar-refractivity contribution in [2.24, 2.45) is 0 Å². The Morgan fingerprint density at radius 2 is 0.756 bits per heavy atom. The molecule has 0 amide bonds. The second-order valence-corrected chi connectivity index (χ2v) is 27.6. The van der Waals surface area contributed by atoms with Crippen molar-refractivity contribution in [3.63, 3.8) is 0 Å². The predicted octanol–water partition coefficient (Wildman–Crippen LogP) is 8.02. The molecule has 0 spiro atoms. The van der Waals surface area contributed by atoms with E-state index in [4.69, 9.17) is 9.47 Å². The highest BCUT2D eigenvalue weighted by molar-refractivity contribution is 7.30. The fourth-order valence-electron chi connectivity index (χ4n) is 6.84. The Labute approximate surface area is 249 Å². The van der Waals surface area contributed by atoms with Crippen LogP contribution in [0.2, 0.25) is 39.3 Å². The largest absolute Gasteiger partial charge is 0.497 e. The van der Waals surface area contributed by atoms with Gasteiger partial charge in [0, 0.05) is 0 Å². The highest BCUT2D eigenvalue weighted by Crippen LogP contribution is 2.53. The molecular weight excluding hydrogens is 549 g/mol. The number of benzene rings is 4. The van der Waals surface area contributed by atoms with Gasteiger partial charge >= 0.3 is 0 Å². The first-order chi connectivity index (χ1) is 19.5. The van der Waals surface area contributed by atoms with Gasteiger partial charge in [-0.3, -0.25) is 0 Å². The molecule has 2 nitrogen and oxygen atoms in total. The SMILES string of the molecule is COc1ccc([Si]2(c3ccc(OC)cc3)C([Si](C)(C)C)=C(c3ccccc3)C(c3ccccc3)=C2[Si](C)(C)C)cc1. The van der Waals surface area contributed by atoms with E-state index in [2.05, 4.69) is 148 Å². The summed E-state index contributed by atoms with van der Waals surface area (Å²) < 4.78 is 11.3. The first-order valence-electron chi connectivity index (χ1n) is 14.4. The summed E-state index contributed by atoms with van der Waals surface area (Å²) in [7, 11) is -3.10. The highest BCUT2D eigenvalue weighted by Gasteiger charge is 2.58. The number of methoxy groups -OCH3 is 2. The zero-order valence-electron chi connectivity index (χ0n) is 25.7. The molecule has 0 fully saturated rings. The van der Waals surface area contributed by atoms with Crippen LogP contribution < -0.4 is 19.8 Å². The summed E-state index contributed by atoms with van der Waals surface area (Å²) in [6.45, 7) is 15.3. The van der Waals surface area contributed by atoms with Gasteiger partial charge < -0.3 is 9.47 Å². The van der Waals surface area contributed by atoms with Crippen LogP contribution in [0.1, 0.15) is 11.1 Å². The van der Waals surface area contributed by atoms with E-state index >= 15 is 0 Å². The molecule has 0 N–H and O–H groups in total. The standard InChI is InChI=1S/C36H42O2Si3/c1-37-29-19-23-31(24-20-29)41(32-25-21-30(38-2)22-26-32)35(39(3,4)5)33(27-15-11-9-12-16-27)34(36(41)40(6,7)8)28-17-13-10-14-18-28/h9-26H,1-8H3. The molecule has 5 rings (SSSR count). The van der Waals surface area contributed by atoms with E-state index < -0.39 is 24.2 Å². The van der Waals surface area contributed by atoms with Crippen molar-refractivity contribution in [1.29, 1.82) is 0 Å². The molecule has 41 heavy (non-hydrogen) atoms. The Balaban J connectivity index is 2.08. The van der Waals surface area contributed by atoms with Crippen molar-refractivity contribution in [2.45, 2.75) is 39.3 Å². The van der Waals surface area contributed by atoms with Crippen LogP contribution in [-0.4, -0.2) is 38.4 Å². The van der Waals surface area contributed by atoms with Gasteiger partial charge in [0.05, 0.1) is 30.4 Å². The zero-order valence-corrected chi connectivity index (χ0v) is 28.7. The number of rotatable bonds is 8. The molecule has 210 valence electrons. The lowest BCUT2D eigenvalue weighted by Gasteiger charge is -2.44. The average Bonchev–Trinajstić information content (AvgIpc) is 3.32. The molecule has 0 atom stereocenters. The molecule has 1 aliphatic rings.